The van der Waals surface area contributed by atoms with Crippen molar-refractivity contribution in [3.05, 3.63) is 58.6 Å². The number of thiocarbonyl (C=S) groups is 1. The predicted molar refractivity (Wildman–Crippen MR) is 104 cm³/mol. The summed E-state index contributed by atoms with van der Waals surface area (Å²) in [5.41, 5.74) is 4.82. The van der Waals surface area contributed by atoms with E-state index in [1.165, 1.54) is 0 Å². The Morgan fingerprint density at radius 2 is 1.96 bits per heavy atom. The molecule has 0 aliphatic rings. The van der Waals surface area contributed by atoms with Crippen LogP contribution in [0.2, 0.25) is 5.02 Å². The average Bonchev–Trinajstić information content (AvgIpc) is 2.62. The van der Waals surface area contributed by atoms with E-state index >= 15 is 0 Å². The first kappa shape index (κ1) is 19.0. The van der Waals surface area contributed by atoms with E-state index in [2.05, 4.69) is 15.8 Å². The van der Waals surface area contributed by atoms with Crippen molar-refractivity contribution in [2.75, 3.05) is 13.7 Å². The Bertz CT molecular complexity index is 736. The van der Waals surface area contributed by atoms with Crippen LogP contribution in [-0.2, 0) is 6.61 Å². The summed E-state index contributed by atoms with van der Waals surface area (Å²) in [4.78, 5) is 0. The molecule has 0 saturated heterocycles. The summed E-state index contributed by atoms with van der Waals surface area (Å²) in [5.74, 6) is 1.32. The summed E-state index contributed by atoms with van der Waals surface area (Å²) in [6.07, 6.45) is 1.79. The highest BCUT2D eigenvalue weighted by Gasteiger charge is 2.07. The zero-order chi connectivity index (χ0) is 18.1. The van der Waals surface area contributed by atoms with Crippen LogP contribution in [-0.4, -0.2) is 25.0 Å². The molecular formula is C18H21ClN3O2S+. The molecule has 0 unspecified atom stereocenters. The molecule has 0 aliphatic carbocycles. The van der Waals surface area contributed by atoms with Gasteiger partial charge in [0, 0.05) is 17.1 Å². The topological polar surface area (TPSA) is 56.5 Å². The molecule has 132 valence electrons. The lowest BCUT2D eigenvalue weighted by molar-refractivity contribution is -0.500. The second kappa shape index (κ2) is 9.86. The number of hydrazone groups is 1. The second-order valence-electron chi connectivity index (χ2n) is 5.10. The van der Waals surface area contributed by atoms with E-state index in [9.17, 15) is 0 Å². The number of ether oxygens (including phenoxy) is 2. The molecule has 5 nitrogen and oxygen atoms in total. The number of hydrogen-bond acceptors (Lipinski definition) is 3. The number of nitrogens with one attached hydrogen (secondary N) is 3. The average molecular weight is 379 g/mol. The second-order valence-corrected chi connectivity index (χ2v) is 5.94. The monoisotopic (exact) mass is 378 g/mol. The highest BCUT2D eigenvalue weighted by atomic mass is 35.5. The van der Waals surface area contributed by atoms with Gasteiger partial charge in [-0.05, 0) is 55.0 Å². The zero-order valence-corrected chi connectivity index (χ0v) is 15.7. The minimum absolute atomic E-state index is 0.438. The third-order valence-electron chi connectivity index (χ3n) is 3.26. The van der Waals surface area contributed by atoms with E-state index in [0.717, 1.165) is 17.7 Å². The minimum Gasteiger partial charge on any atom is -0.493 e. The number of methoxy groups -OCH3 is 1. The summed E-state index contributed by atoms with van der Waals surface area (Å²) in [6.45, 7) is 3.18. The van der Waals surface area contributed by atoms with E-state index in [4.69, 9.17) is 33.3 Å². The van der Waals surface area contributed by atoms with E-state index in [0.29, 0.717) is 28.2 Å². The van der Waals surface area contributed by atoms with Crippen molar-refractivity contribution in [3.63, 3.8) is 0 Å². The fourth-order valence-electron chi connectivity index (χ4n) is 2.02. The molecule has 0 atom stereocenters. The quantitative estimate of drug-likeness (QED) is 0.390. The molecule has 0 radical (unpaired) electrons. The molecular weight excluding hydrogens is 358 g/mol. The van der Waals surface area contributed by atoms with Crippen molar-refractivity contribution in [1.82, 2.24) is 10.7 Å². The van der Waals surface area contributed by atoms with Gasteiger partial charge in [-0.2, -0.15) is 0 Å². The van der Waals surface area contributed by atoms with Crippen molar-refractivity contribution in [2.45, 2.75) is 13.5 Å². The number of rotatable bonds is 7. The highest BCUT2D eigenvalue weighted by molar-refractivity contribution is 7.80. The van der Waals surface area contributed by atoms with Crippen LogP contribution in [0.25, 0.3) is 0 Å². The predicted octanol–water partition coefficient (Wildman–Crippen LogP) is 1.83. The lowest BCUT2D eigenvalue weighted by Gasteiger charge is -2.11. The van der Waals surface area contributed by atoms with Gasteiger partial charge < -0.3 is 14.8 Å². The van der Waals surface area contributed by atoms with Gasteiger partial charge in [0.1, 0.15) is 6.61 Å². The third-order valence-corrected chi connectivity index (χ3v) is 3.76. The molecule has 0 spiro atoms. The maximum Gasteiger partial charge on any atom is 0.223 e. The molecule has 2 aromatic carbocycles. The molecule has 2 aromatic rings. The van der Waals surface area contributed by atoms with E-state index in [1.54, 1.807) is 13.3 Å². The number of hydrogen-bond donors (Lipinski definition) is 3. The lowest BCUT2D eigenvalue weighted by Crippen LogP contribution is -2.82. The zero-order valence-electron chi connectivity index (χ0n) is 14.1. The molecule has 0 saturated carbocycles. The van der Waals surface area contributed by atoms with Crippen molar-refractivity contribution < 1.29 is 14.6 Å². The number of halogens is 1. The first-order valence-electron chi connectivity index (χ1n) is 7.80. The van der Waals surface area contributed by atoms with Gasteiger partial charge in [0.05, 0.1) is 7.11 Å². The smallest absolute Gasteiger partial charge is 0.223 e. The van der Waals surface area contributed by atoms with Crippen molar-refractivity contribution in [3.8, 4) is 11.5 Å². The van der Waals surface area contributed by atoms with E-state index in [1.807, 2.05) is 49.4 Å². The Labute approximate surface area is 158 Å². The Morgan fingerprint density at radius 1 is 1.20 bits per heavy atom. The van der Waals surface area contributed by atoms with Crippen LogP contribution in [0.1, 0.15) is 18.1 Å². The Hall–Kier alpha value is -2.31. The van der Waals surface area contributed by atoms with Crippen LogP contribution in [0.15, 0.2) is 42.5 Å². The van der Waals surface area contributed by atoms with Crippen molar-refractivity contribution >= 4 is 35.1 Å². The summed E-state index contributed by atoms with van der Waals surface area (Å²) in [6, 6.07) is 13.2. The van der Waals surface area contributed by atoms with Gasteiger partial charge in [-0.1, -0.05) is 23.7 Å². The van der Waals surface area contributed by atoms with Gasteiger partial charge in [0.15, 0.2) is 17.7 Å². The molecule has 0 fully saturated rings. The Balaban J connectivity index is 1.99. The van der Waals surface area contributed by atoms with Crippen molar-refractivity contribution in [1.29, 1.82) is 0 Å². The molecule has 0 heterocycles. The summed E-state index contributed by atoms with van der Waals surface area (Å²) >= 11 is 11.0. The van der Waals surface area contributed by atoms with Crippen LogP contribution < -0.4 is 25.3 Å². The largest absolute Gasteiger partial charge is 0.493 e. The summed E-state index contributed by atoms with van der Waals surface area (Å²) in [5, 5.41) is 7.16. The summed E-state index contributed by atoms with van der Waals surface area (Å²) < 4.78 is 11.2. The van der Waals surface area contributed by atoms with Crippen LogP contribution in [0, 0.1) is 0 Å². The number of benzene rings is 2. The SMILES string of the molecule is CCNC(=S)N[NH+]=Cc1ccc(OCc2ccc(Cl)cc2)c(OC)c1. The molecule has 7 heteroatoms. The van der Waals surface area contributed by atoms with Gasteiger partial charge >= 0.3 is 0 Å². The third kappa shape index (κ3) is 6.25. The maximum atomic E-state index is 5.89. The number of hydrazine groups is 1. The molecule has 0 bridgehead atoms. The normalized spacial score (nSPS) is 10.5. The molecule has 0 amide bonds. The van der Waals surface area contributed by atoms with Crippen LogP contribution >= 0.6 is 23.8 Å². The van der Waals surface area contributed by atoms with Crippen LogP contribution in [0.4, 0.5) is 0 Å². The molecule has 25 heavy (non-hydrogen) atoms. The van der Waals surface area contributed by atoms with E-state index < -0.39 is 0 Å². The highest BCUT2D eigenvalue weighted by Crippen LogP contribution is 2.28. The first-order valence-corrected chi connectivity index (χ1v) is 8.59. The van der Waals surface area contributed by atoms with Gasteiger partial charge in [0.2, 0.25) is 5.11 Å². The van der Waals surface area contributed by atoms with Gasteiger partial charge in [-0.25, -0.2) is 0 Å². The van der Waals surface area contributed by atoms with Gasteiger partial charge in [0.25, 0.3) is 0 Å². The first-order chi connectivity index (χ1) is 12.1. The van der Waals surface area contributed by atoms with Crippen LogP contribution in [0.5, 0.6) is 11.5 Å². The van der Waals surface area contributed by atoms with Crippen LogP contribution in [0.3, 0.4) is 0 Å². The maximum absolute atomic E-state index is 5.89. The minimum atomic E-state index is 0.438. The molecule has 0 aliphatic heterocycles. The molecule has 0 aromatic heterocycles. The Kier molecular flexibility index (Phi) is 7.50. The fourth-order valence-corrected chi connectivity index (χ4v) is 2.35. The van der Waals surface area contributed by atoms with Gasteiger partial charge in [-0.15, -0.1) is 10.5 Å². The Morgan fingerprint density at radius 3 is 2.64 bits per heavy atom. The summed E-state index contributed by atoms with van der Waals surface area (Å²) in [7, 11) is 1.61. The standard InChI is InChI=1S/C18H20ClN3O2S/c1-3-20-18(25)22-21-11-14-6-9-16(17(10-14)23-2)24-12-13-4-7-15(19)8-5-13/h4-11H,3,12H2,1-2H3,(H2,20,22,25)/p+1. The van der Waals surface area contributed by atoms with E-state index in [-0.39, 0.29) is 0 Å². The molecule has 2 rings (SSSR count). The lowest BCUT2D eigenvalue weighted by atomic mass is 10.2. The van der Waals surface area contributed by atoms with Gasteiger partial charge in [-0.3, -0.25) is 0 Å². The van der Waals surface area contributed by atoms with Crippen molar-refractivity contribution in [2.24, 2.45) is 0 Å². The molecule has 3 N–H and O–H groups in total. The fraction of sp³-hybridized carbons (Fsp3) is 0.222.